The molecule has 3 amide bonds. The van der Waals surface area contributed by atoms with Crippen LogP contribution < -0.4 is 14.8 Å². The van der Waals surface area contributed by atoms with Crippen LogP contribution in [0.2, 0.25) is 0 Å². The van der Waals surface area contributed by atoms with Gasteiger partial charge in [0.1, 0.15) is 5.70 Å². The van der Waals surface area contributed by atoms with Crippen molar-refractivity contribution < 1.29 is 19.1 Å². The molecule has 0 atom stereocenters. The van der Waals surface area contributed by atoms with Crippen molar-refractivity contribution in [1.82, 2.24) is 10.2 Å². The number of ether oxygens (including phenoxy) is 2. The molecule has 0 spiro atoms. The van der Waals surface area contributed by atoms with Gasteiger partial charge in [-0.15, -0.1) is 0 Å². The number of hydrogen-bond acceptors (Lipinski definition) is 4. The summed E-state index contributed by atoms with van der Waals surface area (Å²) in [5.41, 5.74) is 2.80. The first kappa shape index (κ1) is 18.3. The third kappa shape index (κ3) is 2.93. The number of hydrogen-bond donors (Lipinski definition) is 1. The quantitative estimate of drug-likeness (QED) is 0.616. The molecule has 1 saturated heterocycles. The number of nitrogens with one attached hydrogen (secondary N) is 1. The van der Waals surface area contributed by atoms with Crippen LogP contribution in [0.5, 0.6) is 11.5 Å². The average Bonchev–Trinajstić information content (AvgIpc) is 3.07. The van der Waals surface area contributed by atoms with Crippen molar-refractivity contribution >= 4 is 18.0 Å². The van der Waals surface area contributed by atoms with Gasteiger partial charge in [-0.1, -0.05) is 47.6 Å². The maximum atomic E-state index is 12.3. The summed E-state index contributed by atoms with van der Waals surface area (Å²) in [6.07, 6.45) is 1.70. The number of imide groups is 1. The van der Waals surface area contributed by atoms with Crippen LogP contribution in [0.15, 0.2) is 11.8 Å². The molecule has 0 unspecified atom stereocenters. The standard InChI is InChI=1S/C20H26N2O4/c1-19(2,3)12-9-13(20(4,5)6)16-15(25-10-26-16)11(12)8-14-17(23)22(7)18(24)21-14/h8-9H,10H2,1-7H3,(H,21,24)/b14-8-. The van der Waals surface area contributed by atoms with Gasteiger partial charge in [0.25, 0.3) is 5.91 Å². The predicted octanol–water partition coefficient (Wildman–Crippen LogP) is 3.53. The van der Waals surface area contributed by atoms with Crippen LogP contribution >= 0.6 is 0 Å². The van der Waals surface area contributed by atoms with Gasteiger partial charge < -0.3 is 14.8 Å². The van der Waals surface area contributed by atoms with Gasteiger partial charge >= 0.3 is 6.03 Å². The normalized spacial score (nSPS) is 18.7. The molecule has 140 valence electrons. The Labute approximate surface area is 154 Å². The zero-order valence-corrected chi connectivity index (χ0v) is 16.4. The third-order valence-corrected chi connectivity index (χ3v) is 4.67. The van der Waals surface area contributed by atoms with Gasteiger partial charge in [0.2, 0.25) is 6.79 Å². The maximum absolute atomic E-state index is 12.3. The van der Waals surface area contributed by atoms with E-state index in [1.165, 1.54) is 7.05 Å². The Morgan fingerprint density at radius 3 is 2.08 bits per heavy atom. The zero-order chi connectivity index (χ0) is 19.4. The summed E-state index contributed by atoms with van der Waals surface area (Å²) in [5.74, 6) is 0.983. The monoisotopic (exact) mass is 358 g/mol. The van der Waals surface area contributed by atoms with Crippen LogP contribution in [0, 0.1) is 0 Å². The van der Waals surface area contributed by atoms with Crippen molar-refractivity contribution in [3.63, 3.8) is 0 Å². The van der Waals surface area contributed by atoms with Gasteiger partial charge in [-0.2, -0.15) is 0 Å². The number of carbonyl (C=O) groups excluding carboxylic acids is 2. The SMILES string of the molecule is CN1C(=O)N/C(=C\c2c(C(C)(C)C)cc(C(C)(C)C)c3c2OCO3)C1=O. The molecule has 26 heavy (non-hydrogen) atoms. The van der Waals surface area contributed by atoms with Gasteiger partial charge in [-0.3, -0.25) is 9.69 Å². The van der Waals surface area contributed by atoms with E-state index < -0.39 is 6.03 Å². The topological polar surface area (TPSA) is 67.9 Å². The number of nitrogens with zero attached hydrogens (tertiary/aromatic N) is 1. The Morgan fingerprint density at radius 1 is 1.00 bits per heavy atom. The third-order valence-electron chi connectivity index (χ3n) is 4.67. The first-order chi connectivity index (χ1) is 11.9. The summed E-state index contributed by atoms with van der Waals surface area (Å²) in [6.45, 7) is 12.9. The fourth-order valence-electron chi connectivity index (χ4n) is 3.18. The molecule has 2 aliphatic rings. The summed E-state index contributed by atoms with van der Waals surface area (Å²) in [6, 6.07) is 1.70. The summed E-state index contributed by atoms with van der Waals surface area (Å²) in [4.78, 5) is 25.2. The van der Waals surface area contributed by atoms with E-state index in [9.17, 15) is 9.59 Å². The minimum absolute atomic E-state index is 0.124. The van der Waals surface area contributed by atoms with Crippen LogP contribution in [0.4, 0.5) is 4.79 Å². The zero-order valence-electron chi connectivity index (χ0n) is 16.4. The molecule has 6 heteroatoms. The first-order valence-electron chi connectivity index (χ1n) is 8.69. The van der Waals surface area contributed by atoms with Crippen molar-refractivity contribution in [1.29, 1.82) is 0 Å². The highest BCUT2D eigenvalue weighted by molar-refractivity contribution is 6.14. The molecule has 1 aromatic rings. The van der Waals surface area contributed by atoms with E-state index in [1.54, 1.807) is 6.08 Å². The fraction of sp³-hybridized carbons (Fsp3) is 0.500. The second-order valence-electron chi connectivity index (χ2n) is 8.80. The molecule has 6 nitrogen and oxygen atoms in total. The van der Waals surface area contributed by atoms with Crippen LogP contribution in [0.1, 0.15) is 58.2 Å². The first-order valence-corrected chi connectivity index (χ1v) is 8.69. The minimum Gasteiger partial charge on any atom is -0.453 e. The van der Waals surface area contributed by atoms with Crippen molar-refractivity contribution in [3.05, 3.63) is 28.5 Å². The van der Waals surface area contributed by atoms with Crippen LogP contribution in [0.3, 0.4) is 0 Å². The number of carbonyl (C=O) groups is 2. The Balaban J connectivity index is 2.27. The highest BCUT2D eigenvalue weighted by atomic mass is 16.7. The van der Waals surface area contributed by atoms with Crippen molar-refractivity contribution in [2.24, 2.45) is 0 Å². The minimum atomic E-state index is -0.432. The smallest absolute Gasteiger partial charge is 0.328 e. The lowest BCUT2D eigenvalue weighted by Gasteiger charge is -2.28. The van der Waals surface area contributed by atoms with Crippen molar-refractivity contribution in [2.75, 3.05) is 13.8 Å². The van der Waals surface area contributed by atoms with Gasteiger partial charge in [-0.05, 0) is 22.5 Å². The summed E-state index contributed by atoms with van der Waals surface area (Å²) < 4.78 is 11.6. The molecular weight excluding hydrogens is 332 g/mol. The van der Waals surface area contributed by atoms with Gasteiger partial charge in [0, 0.05) is 18.2 Å². The van der Waals surface area contributed by atoms with Crippen molar-refractivity contribution in [3.8, 4) is 11.5 Å². The molecular formula is C20H26N2O4. The summed E-state index contributed by atoms with van der Waals surface area (Å²) in [7, 11) is 1.45. The lowest BCUT2D eigenvalue weighted by atomic mass is 9.77. The number of benzene rings is 1. The van der Waals surface area contributed by atoms with E-state index in [0.29, 0.717) is 11.5 Å². The maximum Gasteiger partial charge on any atom is 0.328 e. The second-order valence-corrected chi connectivity index (χ2v) is 8.80. The number of likely N-dealkylation sites (N-methyl/N-ethyl adjacent to an activating group) is 1. The molecule has 0 bridgehead atoms. The second kappa shape index (κ2) is 5.76. The predicted molar refractivity (Wildman–Crippen MR) is 99.2 cm³/mol. The molecule has 0 aliphatic carbocycles. The van der Waals surface area contributed by atoms with Gasteiger partial charge in [-0.25, -0.2) is 4.79 Å². The van der Waals surface area contributed by atoms with E-state index in [4.69, 9.17) is 9.47 Å². The molecule has 1 aromatic carbocycles. The lowest BCUT2D eigenvalue weighted by molar-refractivity contribution is -0.121. The number of urea groups is 1. The van der Waals surface area contributed by atoms with E-state index in [1.807, 2.05) is 0 Å². The Hall–Kier alpha value is -2.50. The largest absolute Gasteiger partial charge is 0.453 e. The fourth-order valence-corrected chi connectivity index (χ4v) is 3.18. The van der Waals surface area contributed by atoms with Crippen LogP contribution in [-0.4, -0.2) is 30.7 Å². The molecule has 2 aliphatic heterocycles. The molecule has 3 rings (SSSR count). The van der Waals surface area contributed by atoms with E-state index in [2.05, 4.69) is 52.9 Å². The molecule has 0 aromatic heterocycles. The van der Waals surface area contributed by atoms with Gasteiger partial charge in [0.05, 0.1) is 0 Å². The number of amides is 3. The van der Waals surface area contributed by atoms with Gasteiger partial charge in [0.15, 0.2) is 11.5 Å². The summed E-state index contributed by atoms with van der Waals surface area (Å²) >= 11 is 0. The summed E-state index contributed by atoms with van der Waals surface area (Å²) in [5, 5.41) is 2.62. The molecule has 2 heterocycles. The van der Waals surface area contributed by atoms with E-state index in [-0.39, 0.29) is 29.2 Å². The Morgan fingerprint density at radius 2 is 1.58 bits per heavy atom. The molecule has 1 fully saturated rings. The Bertz CT molecular complexity index is 826. The highest BCUT2D eigenvalue weighted by Crippen LogP contribution is 2.48. The number of fused-ring (bicyclic) bond motifs is 1. The lowest BCUT2D eigenvalue weighted by Crippen LogP contribution is -2.25. The average molecular weight is 358 g/mol. The highest BCUT2D eigenvalue weighted by Gasteiger charge is 2.35. The van der Waals surface area contributed by atoms with E-state index >= 15 is 0 Å². The van der Waals surface area contributed by atoms with Crippen molar-refractivity contribution in [2.45, 2.75) is 52.4 Å². The molecule has 1 N–H and O–H groups in total. The van der Waals surface area contributed by atoms with Crippen LogP contribution in [-0.2, 0) is 15.6 Å². The number of rotatable bonds is 1. The Kier molecular flexibility index (Phi) is 4.05. The molecule has 0 saturated carbocycles. The van der Waals surface area contributed by atoms with E-state index in [0.717, 1.165) is 21.6 Å². The van der Waals surface area contributed by atoms with Crippen LogP contribution in [0.25, 0.3) is 6.08 Å². The molecule has 0 radical (unpaired) electrons.